The van der Waals surface area contributed by atoms with E-state index in [2.05, 4.69) is 0 Å². The molecule has 2 rings (SSSR count). The van der Waals surface area contributed by atoms with Crippen molar-refractivity contribution in [3.8, 4) is 5.75 Å². The molecule has 0 fully saturated rings. The molecule has 0 aliphatic carbocycles. The number of benzene rings is 1. The molecule has 0 amide bonds. The second kappa shape index (κ2) is 3.50. The van der Waals surface area contributed by atoms with Crippen LogP contribution in [-0.4, -0.2) is 17.7 Å². The standard InChI is InChI=1S/C10H9ClO3/c11-8-1-2-9-6(4-8)3-7(5-14-9)10(12)13/h1-2,4,7H,3,5H2,(H,12,13). The molecule has 1 N–H and O–H groups in total. The second-order valence-electron chi connectivity index (χ2n) is 3.30. The summed E-state index contributed by atoms with van der Waals surface area (Å²) in [6, 6.07) is 5.27. The Morgan fingerprint density at radius 3 is 3.07 bits per heavy atom. The first-order valence-corrected chi connectivity index (χ1v) is 4.68. The molecule has 1 aliphatic heterocycles. The van der Waals surface area contributed by atoms with Gasteiger partial charge in [0.05, 0.1) is 5.92 Å². The third-order valence-electron chi connectivity index (χ3n) is 2.28. The highest BCUT2D eigenvalue weighted by Gasteiger charge is 2.25. The monoisotopic (exact) mass is 212 g/mol. The third kappa shape index (κ3) is 1.68. The normalized spacial score (nSPS) is 19.6. The lowest BCUT2D eigenvalue weighted by Gasteiger charge is -2.22. The zero-order valence-corrected chi connectivity index (χ0v) is 8.12. The van der Waals surface area contributed by atoms with Crippen LogP contribution in [0, 0.1) is 5.92 Å². The van der Waals surface area contributed by atoms with Crippen molar-refractivity contribution in [1.29, 1.82) is 0 Å². The van der Waals surface area contributed by atoms with E-state index in [4.69, 9.17) is 21.4 Å². The Morgan fingerprint density at radius 1 is 1.57 bits per heavy atom. The summed E-state index contributed by atoms with van der Waals surface area (Å²) in [5.74, 6) is -0.538. The van der Waals surface area contributed by atoms with Crippen LogP contribution in [0.4, 0.5) is 0 Å². The van der Waals surface area contributed by atoms with E-state index in [-0.39, 0.29) is 6.61 Å². The Bertz CT molecular complexity index is 376. The maximum Gasteiger partial charge on any atom is 0.310 e. The van der Waals surface area contributed by atoms with Gasteiger partial charge < -0.3 is 9.84 Å². The van der Waals surface area contributed by atoms with Gasteiger partial charge in [0, 0.05) is 5.02 Å². The Balaban J connectivity index is 2.29. The highest BCUT2D eigenvalue weighted by Crippen LogP contribution is 2.29. The Morgan fingerprint density at radius 2 is 2.36 bits per heavy atom. The summed E-state index contributed by atoms with van der Waals surface area (Å²) in [7, 11) is 0. The topological polar surface area (TPSA) is 46.5 Å². The van der Waals surface area contributed by atoms with Crippen molar-refractivity contribution in [2.45, 2.75) is 6.42 Å². The molecule has 74 valence electrons. The maximum absolute atomic E-state index is 10.7. The van der Waals surface area contributed by atoms with Crippen LogP contribution in [0.15, 0.2) is 18.2 Å². The zero-order valence-electron chi connectivity index (χ0n) is 7.37. The molecule has 0 bridgehead atoms. The van der Waals surface area contributed by atoms with Crippen molar-refractivity contribution >= 4 is 17.6 Å². The highest BCUT2D eigenvalue weighted by atomic mass is 35.5. The highest BCUT2D eigenvalue weighted by molar-refractivity contribution is 6.30. The second-order valence-corrected chi connectivity index (χ2v) is 3.74. The number of hydrogen-bond donors (Lipinski definition) is 1. The molecule has 1 aromatic carbocycles. The molecule has 14 heavy (non-hydrogen) atoms. The largest absolute Gasteiger partial charge is 0.492 e. The molecule has 1 atom stereocenters. The Labute approximate surface area is 86.3 Å². The van der Waals surface area contributed by atoms with Crippen molar-refractivity contribution in [3.05, 3.63) is 28.8 Å². The summed E-state index contributed by atoms with van der Waals surface area (Å²) in [6.07, 6.45) is 0.491. The molecule has 0 aromatic heterocycles. The number of hydrogen-bond acceptors (Lipinski definition) is 2. The summed E-state index contributed by atoms with van der Waals surface area (Å²) in [5, 5.41) is 9.43. The van der Waals surface area contributed by atoms with Gasteiger partial charge >= 0.3 is 5.97 Å². The van der Waals surface area contributed by atoms with Gasteiger partial charge in [-0.2, -0.15) is 0 Å². The van der Waals surface area contributed by atoms with Crippen molar-refractivity contribution in [3.63, 3.8) is 0 Å². The average molecular weight is 213 g/mol. The van der Waals surface area contributed by atoms with Crippen LogP contribution in [0.5, 0.6) is 5.75 Å². The van der Waals surface area contributed by atoms with Crippen LogP contribution < -0.4 is 4.74 Å². The summed E-state index contributed by atoms with van der Waals surface area (Å²) in [5.41, 5.74) is 0.871. The predicted octanol–water partition coefficient (Wildman–Crippen LogP) is 1.98. The van der Waals surface area contributed by atoms with Crippen molar-refractivity contribution < 1.29 is 14.6 Å². The Hall–Kier alpha value is -1.22. The maximum atomic E-state index is 10.7. The van der Waals surface area contributed by atoms with Gasteiger partial charge in [0.2, 0.25) is 0 Å². The number of carbonyl (C=O) groups is 1. The van der Waals surface area contributed by atoms with E-state index in [1.165, 1.54) is 0 Å². The molecule has 3 nitrogen and oxygen atoms in total. The van der Waals surface area contributed by atoms with E-state index in [1.54, 1.807) is 18.2 Å². The van der Waals surface area contributed by atoms with Gasteiger partial charge in [-0.15, -0.1) is 0 Å². The van der Waals surface area contributed by atoms with Crippen LogP contribution in [0.3, 0.4) is 0 Å². The molecular weight excluding hydrogens is 204 g/mol. The van der Waals surface area contributed by atoms with Gasteiger partial charge in [-0.3, -0.25) is 4.79 Å². The van der Waals surface area contributed by atoms with E-state index in [0.717, 1.165) is 11.3 Å². The van der Waals surface area contributed by atoms with Crippen LogP contribution in [0.2, 0.25) is 5.02 Å². The van der Waals surface area contributed by atoms with Crippen molar-refractivity contribution in [2.75, 3.05) is 6.61 Å². The third-order valence-corrected chi connectivity index (χ3v) is 2.51. The van der Waals surface area contributed by atoms with Crippen LogP contribution >= 0.6 is 11.6 Å². The average Bonchev–Trinajstić information content (AvgIpc) is 2.16. The molecule has 1 aromatic rings. The number of rotatable bonds is 1. The van der Waals surface area contributed by atoms with E-state index >= 15 is 0 Å². The molecule has 1 aliphatic rings. The molecule has 0 spiro atoms. The van der Waals surface area contributed by atoms with Gasteiger partial charge in [0.15, 0.2) is 0 Å². The minimum absolute atomic E-state index is 0.240. The first-order chi connectivity index (χ1) is 6.66. The lowest BCUT2D eigenvalue weighted by Crippen LogP contribution is -2.27. The van der Waals surface area contributed by atoms with Crippen LogP contribution in [0.1, 0.15) is 5.56 Å². The van der Waals surface area contributed by atoms with Gasteiger partial charge in [-0.1, -0.05) is 11.6 Å². The van der Waals surface area contributed by atoms with E-state index in [9.17, 15) is 4.79 Å². The number of carboxylic acid groups (broad SMARTS) is 1. The van der Waals surface area contributed by atoms with Gasteiger partial charge in [-0.05, 0) is 30.2 Å². The van der Waals surface area contributed by atoms with Gasteiger partial charge in [0.25, 0.3) is 0 Å². The summed E-state index contributed by atoms with van der Waals surface area (Å²) in [4.78, 5) is 10.7. The van der Waals surface area contributed by atoms with Crippen molar-refractivity contribution in [1.82, 2.24) is 0 Å². The van der Waals surface area contributed by atoms with Crippen LogP contribution in [0.25, 0.3) is 0 Å². The lowest BCUT2D eigenvalue weighted by atomic mass is 9.97. The Kier molecular flexibility index (Phi) is 2.33. The van der Waals surface area contributed by atoms with Crippen LogP contribution in [-0.2, 0) is 11.2 Å². The van der Waals surface area contributed by atoms with E-state index < -0.39 is 11.9 Å². The fourth-order valence-corrected chi connectivity index (χ4v) is 1.72. The molecule has 1 unspecified atom stereocenters. The number of carboxylic acids is 1. The van der Waals surface area contributed by atoms with E-state index in [0.29, 0.717) is 11.4 Å². The first kappa shape index (κ1) is 9.34. The molecule has 4 heteroatoms. The fourth-order valence-electron chi connectivity index (χ4n) is 1.52. The molecule has 1 heterocycles. The van der Waals surface area contributed by atoms with Gasteiger partial charge in [0.1, 0.15) is 12.4 Å². The number of aliphatic carboxylic acids is 1. The fraction of sp³-hybridized carbons (Fsp3) is 0.300. The molecule has 0 saturated heterocycles. The number of fused-ring (bicyclic) bond motifs is 1. The summed E-state index contributed by atoms with van der Waals surface area (Å²) < 4.78 is 5.31. The number of halogens is 1. The molecule has 0 radical (unpaired) electrons. The quantitative estimate of drug-likeness (QED) is 0.774. The molecule has 0 saturated carbocycles. The first-order valence-electron chi connectivity index (χ1n) is 4.31. The SMILES string of the molecule is O=C(O)C1COc2ccc(Cl)cc2C1. The minimum Gasteiger partial charge on any atom is -0.492 e. The minimum atomic E-state index is -0.823. The summed E-state index contributed by atoms with van der Waals surface area (Å²) in [6.45, 7) is 0.240. The lowest BCUT2D eigenvalue weighted by molar-refractivity contribution is -0.143. The number of ether oxygens (including phenoxy) is 1. The zero-order chi connectivity index (χ0) is 10.1. The molecular formula is C10H9ClO3. The summed E-state index contributed by atoms with van der Waals surface area (Å²) >= 11 is 5.80. The smallest absolute Gasteiger partial charge is 0.310 e. The van der Waals surface area contributed by atoms with Crippen molar-refractivity contribution in [2.24, 2.45) is 5.92 Å². The predicted molar refractivity (Wildman–Crippen MR) is 51.8 cm³/mol. The van der Waals surface area contributed by atoms with Gasteiger partial charge in [-0.25, -0.2) is 0 Å². The van der Waals surface area contributed by atoms with E-state index in [1.807, 2.05) is 0 Å².